The molecule has 13 heavy (non-hydrogen) atoms. The third-order valence-electron chi connectivity index (χ3n) is 2.05. The van der Waals surface area contributed by atoms with Gasteiger partial charge in [-0.25, -0.2) is 13.4 Å². The predicted octanol–water partition coefficient (Wildman–Crippen LogP) is 0.985. The zero-order valence-corrected chi connectivity index (χ0v) is 9.07. The highest BCUT2D eigenvalue weighted by molar-refractivity contribution is 7.92. The molecular weight excluding hydrogens is 208 g/mol. The highest BCUT2D eigenvalue weighted by Crippen LogP contribution is 2.37. The van der Waals surface area contributed by atoms with Crippen LogP contribution in [-0.2, 0) is 22.2 Å². The zero-order valence-electron chi connectivity index (χ0n) is 7.44. The van der Waals surface area contributed by atoms with E-state index in [9.17, 15) is 8.42 Å². The fraction of sp³-hybridized carbons (Fsp3) is 0.571. The third kappa shape index (κ3) is 1.24. The summed E-state index contributed by atoms with van der Waals surface area (Å²) in [6.07, 6.45) is 0.867. The maximum Gasteiger partial charge on any atom is 0.241 e. The lowest BCUT2D eigenvalue weighted by Crippen LogP contribution is -2.20. The second-order valence-corrected chi connectivity index (χ2v) is 6.00. The smallest absolute Gasteiger partial charge is 0.241 e. The second-order valence-electron chi connectivity index (χ2n) is 2.94. The topological polar surface area (TPSA) is 50.3 Å². The van der Waals surface area contributed by atoms with E-state index in [2.05, 4.69) is 4.98 Å². The van der Waals surface area contributed by atoms with Crippen LogP contribution in [0.1, 0.15) is 17.6 Å². The van der Waals surface area contributed by atoms with E-state index in [1.807, 2.05) is 6.92 Å². The summed E-state index contributed by atoms with van der Waals surface area (Å²) in [5, 5.41) is 1.80. The van der Waals surface area contributed by atoms with Gasteiger partial charge in [-0.3, -0.25) is 4.31 Å². The molecule has 2 heterocycles. The molecule has 0 radical (unpaired) electrons. The highest BCUT2D eigenvalue weighted by atomic mass is 32.2. The molecule has 0 saturated heterocycles. The Bertz CT molecular complexity index is 435. The first-order valence-electron chi connectivity index (χ1n) is 4.00. The van der Waals surface area contributed by atoms with Crippen LogP contribution in [0.2, 0.25) is 0 Å². The van der Waals surface area contributed by atoms with Crippen LogP contribution in [0.4, 0.5) is 5.00 Å². The molecule has 1 aliphatic heterocycles. The normalized spacial score (nSPS) is 19.1. The molecule has 0 unspecified atom stereocenters. The summed E-state index contributed by atoms with van der Waals surface area (Å²) in [5.41, 5.74) is 0.712. The van der Waals surface area contributed by atoms with E-state index in [1.54, 1.807) is 7.05 Å². The summed E-state index contributed by atoms with van der Waals surface area (Å²) in [6.45, 7) is 2.02. The molecule has 0 N–H and O–H groups in total. The van der Waals surface area contributed by atoms with E-state index in [0.29, 0.717) is 5.69 Å². The van der Waals surface area contributed by atoms with Crippen LogP contribution in [0.5, 0.6) is 0 Å². The van der Waals surface area contributed by atoms with E-state index in [1.165, 1.54) is 15.6 Å². The van der Waals surface area contributed by atoms with Crippen LogP contribution in [0, 0.1) is 0 Å². The Morgan fingerprint density at radius 1 is 1.62 bits per heavy atom. The predicted molar refractivity (Wildman–Crippen MR) is 52.5 cm³/mol. The summed E-state index contributed by atoms with van der Waals surface area (Å²) >= 11 is 1.47. The summed E-state index contributed by atoms with van der Waals surface area (Å²) in [6, 6.07) is 0. The maximum atomic E-state index is 11.4. The van der Waals surface area contributed by atoms with Gasteiger partial charge in [-0.15, -0.1) is 11.3 Å². The minimum atomic E-state index is -3.08. The summed E-state index contributed by atoms with van der Waals surface area (Å²) in [7, 11) is -1.50. The van der Waals surface area contributed by atoms with E-state index in [0.717, 1.165) is 16.4 Å². The van der Waals surface area contributed by atoms with Gasteiger partial charge in [0, 0.05) is 7.05 Å². The van der Waals surface area contributed by atoms with Crippen molar-refractivity contribution in [3.8, 4) is 0 Å². The third-order valence-corrected chi connectivity index (χ3v) is 5.14. The van der Waals surface area contributed by atoms with Crippen LogP contribution >= 0.6 is 11.3 Å². The fourth-order valence-electron chi connectivity index (χ4n) is 1.28. The quantitative estimate of drug-likeness (QED) is 0.706. The Morgan fingerprint density at radius 2 is 2.31 bits per heavy atom. The van der Waals surface area contributed by atoms with Crippen molar-refractivity contribution in [3.05, 3.63) is 10.7 Å². The molecule has 6 heteroatoms. The van der Waals surface area contributed by atoms with Crippen molar-refractivity contribution in [2.75, 3.05) is 11.4 Å². The monoisotopic (exact) mass is 218 g/mol. The first-order chi connectivity index (χ1) is 6.04. The van der Waals surface area contributed by atoms with Gasteiger partial charge in [0.1, 0.15) is 10.8 Å². The first kappa shape index (κ1) is 8.96. The number of aromatic nitrogens is 1. The van der Waals surface area contributed by atoms with Crippen molar-refractivity contribution < 1.29 is 8.42 Å². The van der Waals surface area contributed by atoms with Crippen molar-refractivity contribution in [2.45, 2.75) is 19.1 Å². The molecule has 0 saturated carbocycles. The van der Waals surface area contributed by atoms with Gasteiger partial charge in [-0.2, -0.15) is 0 Å². The number of aryl methyl sites for hydroxylation is 1. The van der Waals surface area contributed by atoms with Gasteiger partial charge in [0.25, 0.3) is 0 Å². The number of thiazole rings is 1. The molecule has 72 valence electrons. The largest absolute Gasteiger partial charge is 0.262 e. The molecule has 1 aliphatic rings. The van der Waals surface area contributed by atoms with Crippen LogP contribution in [0.25, 0.3) is 0 Å². The van der Waals surface area contributed by atoms with Crippen LogP contribution < -0.4 is 4.31 Å². The van der Waals surface area contributed by atoms with Gasteiger partial charge in [0.2, 0.25) is 10.0 Å². The lowest BCUT2D eigenvalue weighted by Gasteiger charge is -2.07. The summed E-state index contributed by atoms with van der Waals surface area (Å²) in [4.78, 5) is 4.25. The van der Waals surface area contributed by atoms with Crippen LogP contribution in [0.3, 0.4) is 0 Å². The van der Waals surface area contributed by atoms with E-state index in [-0.39, 0.29) is 5.75 Å². The Morgan fingerprint density at radius 3 is 2.85 bits per heavy atom. The number of hydrogen-bond donors (Lipinski definition) is 0. The SMILES string of the molecule is CCc1nc2c(s1)N(C)S(=O)(=O)C2. The number of hydrogen-bond acceptors (Lipinski definition) is 4. The van der Waals surface area contributed by atoms with Gasteiger partial charge < -0.3 is 0 Å². The number of rotatable bonds is 1. The van der Waals surface area contributed by atoms with Gasteiger partial charge in [0.05, 0.1) is 10.7 Å². The Kier molecular flexibility index (Phi) is 1.85. The lowest BCUT2D eigenvalue weighted by atomic mass is 10.5. The molecule has 4 nitrogen and oxygen atoms in total. The molecule has 0 amide bonds. The first-order valence-corrected chi connectivity index (χ1v) is 6.42. The van der Waals surface area contributed by atoms with Crippen molar-refractivity contribution in [2.24, 2.45) is 0 Å². The van der Waals surface area contributed by atoms with Crippen molar-refractivity contribution >= 4 is 26.4 Å². The average molecular weight is 218 g/mol. The molecule has 0 bridgehead atoms. The molecule has 0 atom stereocenters. The number of nitrogens with zero attached hydrogens (tertiary/aromatic N) is 2. The average Bonchev–Trinajstić information content (AvgIpc) is 2.52. The van der Waals surface area contributed by atoms with Crippen molar-refractivity contribution in [1.82, 2.24) is 4.98 Å². The number of fused-ring (bicyclic) bond motifs is 1. The Labute approximate surface area is 81.3 Å². The molecule has 0 aliphatic carbocycles. The minimum Gasteiger partial charge on any atom is -0.262 e. The summed E-state index contributed by atoms with van der Waals surface area (Å²) in [5.74, 6) is 0.0648. The minimum absolute atomic E-state index is 0.0648. The number of sulfonamides is 1. The van der Waals surface area contributed by atoms with Gasteiger partial charge in [0.15, 0.2) is 0 Å². The maximum absolute atomic E-state index is 11.4. The zero-order chi connectivity index (χ0) is 9.64. The highest BCUT2D eigenvalue weighted by Gasteiger charge is 2.33. The number of anilines is 1. The standard InChI is InChI=1S/C7H10N2O2S2/c1-3-6-8-5-4-13(10,11)9(2)7(5)12-6/h3-4H2,1-2H3. The molecule has 1 aromatic rings. The Balaban J connectivity index is 2.50. The van der Waals surface area contributed by atoms with E-state index < -0.39 is 10.0 Å². The molecule has 2 rings (SSSR count). The molecule has 0 aromatic carbocycles. The van der Waals surface area contributed by atoms with Gasteiger partial charge >= 0.3 is 0 Å². The lowest BCUT2D eigenvalue weighted by molar-refractivity contribution is 0.596. The van der Waals surface area contributed by atoms with Crippen LogP contribution in [-0.4, -0.2) is 20.4 Å². The van der Waals surface area contributed by atoms with Crippen molar-refractivity contribution in [3.63, 3.8) is 0 Å². The van der Waals surface area contributed by atoms with Gasteiger partial charge in [-0.1, -0.05) is 6.92 Å². The molecular formula is C7H10N2O2S2. The van der Waals surface area contributed by atoms with Crippen molar-refractivity contribution in [1.29, 1.82) is 0 Å². The second kappa shape index (κ2) is 2.68. The van der Waals surface area contributed by atoms with E-state index in [4.69, 9.17) is 0 Å². The summed E-state index contributed by atoms with van der Waals surface area (Å²) < 4.78 is 24.1. The van der Waals surface area contributed by atoms with Gasteiger partial charge in [-0.05, 0) is 6.42 Å². The Hall–Kier alpha value is -0.620. The van der Waals surface area contributed by atoms with E-state index >= 15 is 0 Å². The van der Waals surface area contributed by atoms with Crippen LogP contribution in [0.15, 0.2) is 0 Å². The molecule has 0 spiro atoms. The fourth-order valence-corrected chi connectivity index (χ4v) is 3.81. The molecule has 0 fully saturated rings. The molecule has 1 aromatic heterocycles.